The van der Waals surface area contributed by atoms with E-state index in [1.165, 1.54) is 30.5 Å². The number of nitrogens with zero attached hydrogens (tertiary/aromatic N) is 6. The molecule has 5 heterocycles. The van der Waals surface area contributed by atoms with Gasteiger partial charge in [-0.05, 0) is 79.1 Å². The van der Waals surface area contributed by atoms with Crippen LogP contribution in [0.3, 0.4) is 0 Å². The third kappa shape index (κ3) is 6.20. The number of hydrogen-bond donors (Lipinski definition) is 3. The molecule has 240 valence electrons. The van der Waals surface area contributed by atoms with Gasteiger partial charge in [-0.3, -0.25) is 29.0 Å². The monoisotopic (exact) mass is 642 g/mol. The van der Waals surface area contributed by atoms with Gasteiger partial charge in [0.05, 0.1) is 40.4 Å². The van der Waals surface area contributed by atoms with Crippen molar-refractivity contribution in [1.29, 1.82) is 0 Å². The number of halogens is 1. The molecule has 0 radical (unpaired) electrons. The summed E-state index contributed by atoms with van der Waals surface area (Å²) in [6.07, 6.45) is 6.59. The van der Waals surface area contributed by atoms with Crippen molar-refractivity contribution in [3.05, 3.63) is 114 Å². The van der Waals surface area contributed by atoms with Gasteiger partial charge >= 0.3 is 0 Å². The molecule has 0 spiro atoms. The number of nitrogens with one attached hydrogen (secondary N) is 1. The lowest BCUT2D eigenvalue weighted by Crippen LogP contribution is -2.44. The third-order valence-corrected chi connectivity index (χ3v) is 8.55. The number of phenols is 1. The smallest absolute Gasteiger partial charge is 0.251 e. The number of phenolic OH excluding ortho intramolecular Hbond substituents is 1. The molecule has 0 bridgehead atoms. The van der Waals surface area contributed by atoms with Crippen molar-refractivity contribution >= 4 is 29.0 Å². The van der Waals surface area contributed by atoms with Crippen molar-refractivity contribution in [3.63, 3.8) is 0 Å². The van der Waals surface area contributed by atoms with Gasteiger partial charge in [0, 0.05) is 43.1 Å². The van der Waals surface area contributed by atoms with Gasteiger partial charge in [-0.25, -0.2) is 14.4 Å². The van der Waals surface area contributed by atoms with Crippen molar-refractivity contribution in [1.82, 2.24) is 34.7 Å². The summed E-state index contributed by atoms with van der Waals surface area (Å²) in [6, 6.07) is 21.1. The molecule has 1 aliphatic rings. The maximum absolute atomic E-state index is 13.6. The molecular formula is C36H31FN8O3. The molecular weight excluding hydrogens is 611 g/mol. The molecule has 11 nitrogen and oxygen atoms in total. The Morgan fingerprint density at radius 2 is 1.77 bits per heavy atom. The van der Waals surface area contributed by atoms with Crippen LogP contribution in [0.5, 0.6) is 5.75 Å². The number of aromatic hydroxyl groups is 1. The van der Waals surface area contributed by atoms with Gasteiger partial charge in [0.25, 0.3) is 5.91 Å². The number of nitrogen functional groups attached to an aromatic ring is 1. The predicted molar refractivity (Wildman–Crippen MR) is 179 cm³/mol. The number of carbonyl (C=O) groups excluding carboxylic acids is 2. The van der Waals surface area contributed by atoms with E-state index in [-0.39, 0.29) is 23.3 Å². The molecule has 0 aliphatic carbocycles. The van der Waals surface area contributed by atoms with Crippen LogP contribution in [-0.4, -0.2) is 65.8 Å². The second-order valence-corrected chi connectivity index (χ2v) is 11.7. The second kappa shape index (κ2) is 13.0. The van der Waals surface area contributed by atoms with E-state index in [9.17, 15) is 19.1 Å². The van der Waals surface area contributed by atoms with Gasteiger partial charge in [-0.15, -0.1) is 0 Å². The summed E-state index contributed by atoms with van der Waals surface area (Å²) >= 11 is 0. The highest BCUT2D eigenvalue weighted by atomic mass is 19.1. The molecule has 2 aromatic carbocycles. The van der Waals surface area contributed by atoms with Gasteiger partial charge in [-0.2, -0.15) is 0 Å². The van der Waals surface area contributed by atoms with E-state index in [0.717, 1.165) is 49.2 Å². The van der Waals surface area contributed by atoms with Crippen LogP contribution in [0.1, 0.15) is 39.1 Å². The summed E-state index contributed by atoms with van der Waals surface area (Å²) < 4.78 is 15.6. The number of imidazole rings is 1. The fraction of sp³-hybridized carbons (Fsp3) is 0.167. The summed E-state index contributed by atoms with van der Waals surface area (Å²) in [7, 11) is 0. The Hall–Kier alpha value is -6.01. The molecule has 6 aromatic rings. The number of benzene rings is 2. The van der Waals surface area contributed by atoms with E-state index in [2.05, 4.69) is 37.3 Å². The first-order valence-electron chi connectivity index (χ1n) is 15.5. The van der Waals surface area contributed by atoms with Crippen LogP contribution in [0.15, 0.2) is 91.4 Å². The molecule has 0 atom stereocenters. The van der Waals surface area contributed by atoms with E-state index < -0.39 is 5.82 Å². The summed E-state index contributed by atoms with van der Waals surface area (Å²) in [5.41, 5.74) is 12.0. The van der Waals surface area contributed by atoms with E-state index in [4.69, 9.17) is 10.7 Å². The highest BCUT2D eigenvalue weighted by Gasteiger charge is 2.23. The Labute approximate surface area is 274 Å². The van der Waals surface area contributed by atoms with Crippen molar-refractivity contribution in [2.24, 2.45) is 0 Å². The van der Waals surface area contributed by atoms with Gasteiger partial charge < -0.3 is 16.2 Å². The Bertz CT molecular complexity index is 2130. The number of piperidine rings is 1. The zero-order chi connectivity index (χ0) is 33.2. The fourth-order valence-corrected chi connectivity index (χ4v) is 6.00. The molecule has 1 fully saturated rings. The molecule has 7 rings (SSSR count). The summed E-state index contributed by atoms with van der Waals surface area (Å²) in [5.74, 6) is 0.144. The number of fused-ring (bicyclic) bond motifs is 1. The highest BCUT2D eigenvalue weighted by molar-refractivity contribution is 5.96. The Morgan fingerprint density at radius 1 is 0.979 bits per heavy atom. The molecule has 4 N–H and O–H groups in total. The Balaban J connectivity index is 1.09. The van der Waals surface area contributed by atoms with Gasteiger partial charge in [0.2, 0.25) is 0 Å². The molecule has 1 amide bonds. The van der Waals surface area contributed by atoms with E-state index in [1.54, 1.807) is 18.5 Å². The van der Waals surface area contributed by atoms with E-state index >= 15 is 0 Å². The minimum Gasteiger partial charge on any atom is -0.507 e. The lowest BCUT2D eigenvalue weighted by molar-refractivity contribution is 0.0909. The number of aldehydes is 1. The maximum Gasteiger partial charge on any atom is 0.251 e. The van der Waals surface area contributed by atoms with Crippen LogP contribution in [0.4, 0.5) is 10.2 Å². The van der Waals surface area contributed by atoms with Crippen molar-refractivity contribution in [2.45, 2.75) is 25.4 Å². The molecule has 1 saturated heterocycles. The van der Waals surface area contributed by atoms with Gasteiger partial charge in [0.1, 0.15) is 28.7 Å². The summed E-state index contributed by atoms with van der Waals surface area (Å²) in [4.78, 5) is 44.1. The number of nitrogens with two attached hydrogens (primary N) is 1. The first-order chi connectivity index (χ1) is 23.4. The second-order valence-electron chi connectivity index (χ2n) is 11.7. The van der Waals surface area contributed by atoms with Crippen molar-refractivity contribution < 1.29 is 19.1 Å². The number of carbonyl (C=O) groups is 2. The minimum atomic E-state index is -0.420. The van der Waals surface area contributed by atoms with Crippen LogP contribution >= 0.6 is 0 Å². The van der Waals surface area contributed by atoms with Crippen molar-refractivity contribution in [2.75, 3.05) is 18.8 Å². The van der Waals surface area contributed by atoms with E-state index in [1.807, 2.05) is 34.9 Å². The molecule has 48 heavy (non-hydrogen) atoms. The van der Waals surface area contributed by atoms with E-state index in [0.29, 0.717) is 46.0 Å². The zero-order valence-corrected chi connectivity index (χ0v) is 25.8. The number of rotatable bonds is 8. The number of aromatic nitrogens is 5. The lowest BCUT2D eigenvalue weighted by Gasteiger charge is -2.32. The number of amides is 1. The summed E-state index contributed by atoms with van der Waals surface area (Å²) in [6.45, 7) is 2.37. The molecule has 0 saturated carbocycles. The van der Waals surface area contributed by atoms with Crippen LogP contribution in [0.25, 0.3) is 39.5 Å². The van der Waals surface area contributed by atoms with Crippen LogP contribution in [0, 0.1) is 5.82 Å². The highest BCUT2D eigenvalue weighted by Crippen LogP contribution is 2.32. The van der Waals surface area contributed by atoms with Gasteiger partial charge in [0.15, 0.2) is 6.29 Å². The maximum atomic E-state index is 13.6. The van der Waals surface area contributed by atoms with Crippen LogP contribution in [0.2, 0.25) is 0 Å². The molecule has 1 aliphatic heterocycles. The number of anilines is 1. The largest absolute Gasteiger partial charge is 0.507 e. The number of likely N-dealkylation sites (tertiary alicyclic amines) is 1. The summed E-state index contributed by atoms with van der Waals surface area (Å²) in [5, 5.41) is 12.8. The first kappa shape index (κ1) is 30.6. The minimum absolute atomic E-state index is 0.0157. The fourth-order valence-electron chi connectivity index (χ4n) is 6.00. The van der Waals surface area contributed by atoms with Crippen LogP contribution in [-0.2, 0) is 6.54 Å². The average Bonchev–Trinajstić information content (AvgIpc) is 3.48. The number of pyridine rings is 3. The molecule has 12 heteroatoms. The molecule has 4 aromatic heterocycles. The third-order valence-electron chi connectivity index (χ3n) is 8.55. The SMILES string of the molecule is Nc1ncccc1-c1nc2cnc(-c3ccc(F)cn3)cc2n1-c1ccc(CN2CCC(NC(=O)c3ccc(O)c(C=O)c3)CC2)cc1. The normalized spacial score (nSPS) is 13.9. The Kier molecular flexibility index (Phi) is 8.30. The molecule has 0 unspecified atom stereocenters. The number of hydrogen-bond acceptors (Lipinski definition) is 9. The first-order valence-corrected chi connectivity index (χ1v) is 15.5. The standard InChI is InChI=1S/C36H31FN8O3/c37-25-6-9-29(40-18-25)30-17-32-31(19-41-30)43-35(28-2-1-13-39-34(28)38)45(32)27-7-3-22(4-8-27)20-44-14-11-26(12-15-44)42-36(48)23-5-10-33(47)24(16-23)21-46/h1-10,13,16-19,21,26,47H,11-12,14-15,20H2,(H2,38,39)(H,42,48). The topological polar surface area (TPSA) is 152 Å². The van der Waals surface area contributed by atoms with Gasteiger partial charge in [-0.1, -0.05) is 12.1 Å². The Morgan fingerprint density at radius 3 is 2.50 bits per heavy atom. The predicted octanol–water partition coefficient (Wildman–Crippen LogP) is 5.18. The van der Waals surface area contributed by atoms with Crippen LogP contribution < -0.4 is 11.1 Å². The zero-order valence-electron chi connectivity index (χ0n) is 25.8. The average molecular weight is 643 g/mol. The van der Waals surface area contributed by atoms with Crippen molar-refractivity contribution in [3.8, 4) is 34.2 Å². The lowest BCUT2D eigenvalue weighted by atomic mass is 10.0. The quantitative estimate of drug-likeness (QED) is 0.191.